The molecule has 2 aromatic rings. The molecule has 0 saturated heterocycles. The molecule has 0 bridgehead atoms. The third-order valence-electron chi connectivity index (χ3n) is 2.65. The number of hydrogen-bond donors (Lipinski definition) is 0. The molecular formula is C12H14ClN3O2S. The van der Waals surface area contributed by atoms with Gasteiger partial charge in [0, 0.05) is 5.88 Å². The maximum absolute atomic E-state index is 12.3. The molecule has 0 amide bonds. The van der Waals surface area contributed by atoms with Crippen LogP contribution < -0.4 is 0 Å². The molecule has 0 aliphatic rings. The summed E-state index contributed by atoms with van der Waals surface area (Å²) >= 11 is 5.59. The minimum absolute atomic E-state index is 0.201. The highest BCUT2D eigenvalue weighted by Crippen LogP contribution is 2.14. The van der Waals surface area contributed by atoms with Crippen LogP contribution in [0.25, 0.3) is 0 Å². The fraction of sp³-hybridized carbons (Fsp3) is 0.333. The monoisotopic (exact) mass is 299 g/mol. The van der Waals surface area contributed by atoms with Crippen LogP contribution in [0.4, 0.5) is 0 Å². The second-order valence-corrected chi connectivity index (χ2v) is 6.37. The van der Waals surface area contributed by atoms with Crippen molar-refractivity contribution in [1.29, 1.82) is 0 Å². The van der Waals surface area contributed by atoms with E-state index in [1.807, 2.05) is 6.92 Å². The molecule has 0 saturated carbocycles. The Morgan fingerprint density at radius 3 is 2.58 bits per heavy atom. The summed E-state index contributed by atoms with van der Waals surface area (Å²) < 4.78 is 25.4. The molecule has 0 unspecified atom stereocenters. The minimum atomic E-state index is -3.65. The van der Waals surface area contributed by atoms with Gasteiger partial charge in [0.15, 0.2) is 0 Å². The maximum atomic E-state index is 12.3. The first-order chi connectivity index (χ1) is 9.04. The lowest BCUT2D eigenvalue weighted by Crippen LogP contribution is -2.13. The second kappa shape index (κ2) is 5.71. The van der Waals surface area contributed by atoms with E-state index in [1.54, 1.807) is 24.3 Å². The van der Waals surface area contributed by atoms with Crippen LogP contribution in [0.3, 0.4) is 0 Å². The van der Waals surface area contributed by atoms with Gasteiger partial charge in [0.1, 0.15) is 0 Å². The van der Waals surface area contributed by atoms with Crippen molar-refractivity contribution >= 4 is 21.6 Å². The van der Waals surface area contributed by atoms with Gasteiger partial charge in [-0.3, -0.25) is 0 Å². The maximum Gasteiger partial charge on any atom is 0.284 e. The van der Waals surface area contributed by atoms with Crippen molar-refractivity contribution in [1.82, 2.24) is 14.4 Å². The summed E-state index contributed by atoms with van der Waals surface area (Å²) in [6.45, 7) is 1.90. The molecule has 7 heteroatoms. The third kappa shape index (κ3) is 3.13. The standard InChI is InChI=1S/C12H14ClN3O2S/c1-10-4-6-12(7-5-10)19(17,18)16-9-11(14-15-16)3-2-8-13/h4-7,9H,2-3,8H2,1H3. The number of aromatic nitrogens is 3. The van der Waals surface area contributed by atoms with E-state index in [2.05, 4.69) is 10.3 Å². The topological polar surface area (TPSA) is 64.8 Å². The molecule has 102 valence electrons. The fourth-order valence-corrected chi connectivity index (χ4v) is 2.80. The van der Waals surface area contributed by atoms with E-state index in [4.69, 9.17) is 11.6 Å². The van der Waals surface area contributed by atoms with Crippen LogP contribution in [0.15, 0.2) is 35.4 Å². The Balaban J connectivity index is 2.29. The van der Waals surface area contributed by atoms with Gasteiger partial charge in [-0.15, -0.1) is 20.8 Å². The Bertz CT molecular complexity index is 650. The zero-order valence-electron chi connectivity index (χ0n) is 10.5. The van der Waals surface area contributed by atoms with Crippen molar-refractivity contribution in [3.63, 3.8) is 0 Å². The predicted molar refractivity (Wildman–Crippen MR) is 72.8 cm³/mol. The normalized spacial score (nSPS) is 11.7. The number of aryl methyl sites for hydroxylation is 2. The average Bonchev–Trinajstić information content (AvgIpc) is 2.86. The summed E-state index contributed by atoms with van der Waals surface area (Å²) in [4.78, 5) is 0.201. The highest BCUT2D eigenvalue weighted by Gasteiger charge is 2.18. The van der Waals surface area contributed by atoms with Gasteiger partial charge in [-0.1, -0.05) is 22.9 Å². The molecule has 1 aromatic carbocycles. The second-order valence-electron chi connectivity index (χ2n) is 4.19. The van der Waals surface area contributed by atoms with Gasteiger partial charge < -0.3 is 0 Å². The Kier molecular flexibility index (Phi) is 4.21. The molecule has 0 aliphatic heterocycles. The van der Waals surface area contributed by atoms with Crippen LogP contribution in [0.2, 0.25) is 0 Å². The van der Waals surface area contributed by atoms with Gasteiger partial charge in [-0.05, 0) is 31.9 Å². The fourth-order valence-electron chi connectivity index (χ4n) is 1.58. The van der Waals surface area contributed by atoms with Crippen molar-refractivity contribution in [2.75, 3.05) is 5.88 Å². The van der Waals surface area contributed by atoms with Crippen LogP contribution in [-0.2, 0) is 16.4 Å². The number of rotatable bonds is 5. The summed E-state index contributed by atoms with van der Waals surface area (Å²) in [7, 11) is -3.65. The minimum Gasteiger partial charge on any atom is -0.199 e. The van der Waals surface area contributed by atoms with E-state index >= 15 is 0 Å². The zero-order chi connectivity index (χ0) is 13.9. The summed E-state index contributed by atoms with van der Waals surface area (Å²) in [5, 5.41) is 7.51. The molecule has 0 atom stereocenters. The average molecular weight is 300 g/mol. The number of benzene rings is 1. The first-order valence-corrected chi connectivity index (χ1v) is 7.81. The summed E-state index contributed by atoms with van der Waals surface area (Å²) in [6, 6.07) is 6.62. The van der Waals surface area contributed by atoms with E-state index in [0.717, 1.165) is 16.1 Å². The molecule has 1 heterocycles. The molecule has 0 N–H and O–H groups in total. The summed E-state index contributed by atoms with van der Waals surface area (Å²) in [5.41, 5.74) is 1.62. The van der Waals surface area contributed by atoms with Gasteiger partial charge in [0.25, 0.3) is 10.0 Å². The SMILES string of the molecule is Cc1ccc(S(=O)(=O)n2cc(CCCCl)nn2)cc1. The van der Waals surface area contributed by atoms with Crippen LogP contribution in [0, 0.1) is 6.92 Å². The molecule has 2 rings (SSSR count). The van der Waals surface area contributed by atoms with Gasteiger partial charge in [-0.25, -0.2) is 0 Å². The van der Waals surface area contributed by atoms with Crippen molar-refractivity contribution in [2.45, 2.75) is 24.7 Å². The zero-order valence-corrected chi connectivity index (χ0v) is 12.0. The Hall–Kier alpha value is -1.40. The molecule has 0 radical (unpaired) electrons. The first kappa shape index (κ1) is 14.0. The molecule has 0 spiro atoms. The van der Waals surface area contributed by atoms with E-state index in [9.17, 15) is 8.42 Å². The molecule has 1 aromatic heterocycles. The van der Waals surface area contributed by atoms with Crippen LogP contribution in [0.5, 0.6) is 0 Å². The van der Waals surface area contributed by atoms with Crippen molar-refractivity contribution in [3.8, 4) is 0 Å². The van der Waals surface area contributed by atoms with Crippen molar-refractivity contribution in [2.24, 2.45) is 0 Å². The van der Waals surface area contributed by atoms with E-state index in [-0.39, 0.29) is 4.90 Å². The van der Waals surface area contributed by atoms with Gasteiger partial charge in [0.2, 0.25) is 0 Å². The van der Waals surface area contributed by atoms with E-state index < -0.39 is 10.0 Å². The van der Waals surface area contributed by atoms with E-state index in [0.29, 0.717) is 18.0 Å². The Morgan fingerprint density at radius 1 is 1.26 bits per heavy atom. The predicted octanol–water partition coefficient (Wildman–Crippen LogP) is 1.99. The third-order valence-corrected chi connectivity index (χ3v) is 4.46. The Labute approximate surface area is 117 Å². The lowest BCUT2D eigenvalue weighted by molar-refractivity contribution is 0.577. The lowest BCUT2D eigenvalue weighted by atomic mass is 10.2. The first-order valence-electron chi connectivity index (χ1n) is 5.83. The smallest absolute Gasteiger partial charge is 0.199 e. The number of halogens is 1. The molecule has 19 heavy (non-hydrogen) atoms. The highest BCUT2D eigenvalue weighted by atomic mass is 35.5. The quantitative estimate of drug-likeness (QED) is 0.792. The molecule has 5 nitrogen and oxygen atoms in total. The number of hydrogen-bond acceptors (Lipinski definition) is 4. The molecule has 0 aliphatic carbocycles. The summed E-state index contributed by atoms with van der Waals surface area (Å²) in [6.07, 6.45) is 2.79. The van der Waals surface area contributed by atoms with Gasteiger partial charge in [-0.2, -0.15) is 8.42 Å². The van der Waals surface area contributed by atoms with Gasteiger partial charge >= 0.3 is 0 Å². The molecule has 0 fully saturated rings. The Morgan fingerprint density at radius 2 is 1.95 bits per heavy atom. The van der Waals surface area contributed by atoms with Crippen LogP contribution in [0.1, 0.15) is 17.7 Å². The van der Waals surface area contributed by atoms with E-state index in [1.165, 1.54) is 6.20 Å². The largest absolute Gasteiger partial charge is 0.284 e. The number of nitrogens with zero attached hydrogens (tertiary/aromatic N) is 3. The van der Waals surface area contributed by atoms with Gasteiger partial charge in [0.05, 0.1) is 16.8 Å². The molecular weight excluding hydrogens is 286 g/mol. The van der Waals surface area contributed by atoms with Crippen LogP contribution in [-0.4, -0.2) is 28.7 Å². The highest BCUT2D eigenvalue weighted by molar-refractivity contribution is 7.89. The summed E-state index contributed by atoms with van der Waals surface area (Å²) in [5.74, 6) is 0.511. The van der Waals surface area contributed by atoms with Crippen LogP contribution >= 0.6 is 11.6 Å². The number of alkyl halides is 1. The van der Waals surface area contributed by atoms with Crippen molar-refractivity contribution in [3.05, 3.63) is 41.7 Å². The van der Waals surface area contributed by atoms with Crippen molar-refractivity contribution < 1.29 is 8.42 Å². The lowest BCUT2D eigenvalue weighted by Gasteiger charge is -2.03.